The Labute approximate surface area is 101 Å². The van der Waals surface area contributed by atoms with Gasteiger partial charge in [-0.2, -0.15) is 0 Å². The Bertz CT molecular complexity index is 200. The van der Waals surface area contributed by atoms with E-state index in [0.29, 0.717) is 6.42 Å². The van der Waals surface area contributed by atoms with E-state index in [0.717, 1.165) is 25.9 Å². The Morgan fingerprint density at radius 1 is 1.25 bits per heavy atom. The number of carbonyl (C=O) groups excluding carboxylic acids is 1. The molecule has 0 unspecified atom stereocenters. The molecule has 0 saturated carbocycles. The smallest absolute Gasteiger partial charge is 0.220 e. The molecule has 0 aliphatic carbocycles. The van der Waals surface area contributed by atoms with E-state index in [1.807, 2.05) is 0 Å². The standard InChI is InChI=1S/C13H28N2O/c1-6-7-8-9-12(16)14-10-13(2,3)11-15(4)5/h6-11H2,1-5H3,(H,14,16). The van der Waals surface area contributed by atoms with Gasteiger partial charge in [0.2, 0.25) is 5.91 Å². The first-order valence-corrected chi connectivity index (χ1v) is 6.29. The van der Waals surface area contributed by atoms with Crippen LogP contribution in [0.1, 0.15) is 46.5 Å². The number of hydrogen-bond acceptors (Lipinski definition) is 2. The van der Waals surface area contributed by atoms with Crippen LogP contribution in [0.2, 0.25) is 0 Å². The second kappa shape index (κ2) is 7.66. The second-order valence-corrected chi connectivity index (χ2v) is 5.64. The minimum atomic E-state index is 0.143. The lowest BCUT2D eigenvalue weighted by Gasteiger charge is -2.28. The van der Waals surface area contributed by atoms with Crippen LogP contribution in [0.4, 0.5) is 0 Å². The molecule has 0 saturated heterocycles. The fraction of sp³-hybridized carbons (Fsp3) is 0.923. The molecule has 0 bridgehead atoms. The zero-order valence-electron chi connectivity index (χ0n) is 11.6. The maximum absolute atomic E-state index is 11.5. The van der Waals surface area contributed by atoms with Crippen LogP contribution in [-0.4, -0.2) is 38.0 Å². The van der Waals surface area contributed by atoms with Crippen molar-refractivity contribution < 1.29 is 4.79 Å². The maximum Gasteiger partial charge on any atom is 0.220 e. The highest BCUT2D eigenvalue weighted by Gasteiger charge is 2.19. The molecule has 1 N–H and O–H groups in total. The van der Waals surface area contributed by atoms with Gasteiger partial charge >= 0.3 is 0 Å². The Balaban J connectivity index is 3.72. The molecular formula is C13H28N2O. The molecule has 0 atom stereocenters. The number of nitrogens with zero attached hydrogens (tertiary/aromatic N) is 1. The molecule has 96 valence electrons. The van der Waals surface area contributed by atoms with Crippen LogP contribution >= 0.6 is 0 Å². The van der Waals surface area contributed by atoms with Crippen molar-refractivity contribution in [2.24, 2.45) is 5.41 Å². The molecule has 0 aliphatic rings. The first-order valence-electron chi connectivity index (χ1n) is 6.29. The van der Waals surface area contributed by atoms with Crippen molar-refractivity contribution >= 4 is 5.91 Å². The minimum absolute atomic E-state index is 0.143. The van der Waals surface area contributed by atoms with Gasteiger partial charge in [0.25, 0.3) is 0 Å². The highest BCUT2D eigenvalue weighted by molar-refractivity contribution is 5.75. The van der Waals surface area contributed by atoms with E-state index in [1.165, 1.54) is 6.42 Å². The summed E-state index contributed by atoms with van der Waals surface area (Å²) in [5.41, 5.74) is 0.143. The van der Waals surface area contributed by atoms with E-state index in [1.54, 1.807) is 0 Å². The van der Waals surface area contributed by atoms with Gasteiger partial charge < -0.3 is 10.2 Å². The molecule has 0 heterocycles. The van der Waals surface area contributed by atoms with Crippen molar-refractivity contribution in [3.63, 3.8) is 0 Å². The first kappa shape index (κ1) is 15.4. The number of amides is 1. The van der Waals surface area contributed by atoms with Gasteiger partial charge in [0.15, 0.2) is 0 Å². The predicted molar refractivity (Wildman–Crippen MR) is 69.5 cm³/mol. The summed E-state index contributed by atoms with van der Waals surface area (Å²) in [6, 6.07) is 0. The fourth-order valence-electron chi connectivity index (χ4n) is 1.87. The molecule has 3 heteroatoms. The molecule has 0 aromatic heterocycles. The molecular weight excluding hydrogens is 200 g/mol. The van der Waals surface area contributed by atoms with E-state index < -0.39 is 0 Å². The number of unbranched alkanes of at least 4 members (excludes halogenated alkanes) is 2. The maximum atomic E-state index is 11.5. The third-order valence-electron chi connectivity index (χ3n) is 2.52. The van der Waals surface area contributed by atoms with Gasteiger partial charge in [0, 0.05) is 19.5 Å². The lowest BCUT2D eigenvalue weighted by Crippen LogP contribution is -2.39. The Hall–Kier alpha value is -0.570. The summed E-state index contributed by atoms with van der Waals surface area (Å²) in [7, 11) is 4.12. The highest BCUT2D eigenvalue weighted by Crippen LogP contribution is 2.14. The molecule has 0 aliphatic heterocycles. The van der Waals surface area contributed by atoms with Gasteiger partial charge in [-0.05, 0) is 25.9 Å². The van der Waals surface area contributed by atoms with Gasteiger partial charge in [-0.25, -0.2) is 0 Å². The van der Waals surface area contributed by atoms with Crippen LogP contribution in [0.5, 0.6) is 0 Å². The molecule has 0 rings (SSSR count). The summed E-state index contributed by atoms with van der Waals surface area (Å²) in [6.45, 7) is 8.26. The van der Waals surface area contributed by atoms with E-state index in [4.69, 9.17) is 0 Å². The van der Waals surface area contributed by atoms with Crippen molar-refractivity contribution in [1.29, 1.82) is 0 Å². The first-order chi connectivity index (χ1) is 7.37. The van der Waals surface area contributed by atoms with Gasteiger partial charge in [0.05, 0.1) is 0 Å². The topological polar surface area (TPSA) is 32.3 Å². The zero-order valence-corrected chi connectivity index (χ0v) is 11.6. The third kappa shape index (κ3) is 8.72. The van der Waals surface area contributed by atoms with E-state index >= 15 is 0 Å². The monoisotopic (exact) mass is 228 g/mol. The summed E-state index contributed by atoms with van der Waals surface area (Å²) in [5.74, 6) is 0.195. The molecule has 0 radical (unpaired) electrons. The quantitative estimate of drug-likeness (QED) is 0.646. The van der Waals surface area contributed by atoms with Crippen LogP contribution in [0.15, 0.2) is 0 Å². The SMILES string of the molecule is CCCCCC(=O)NCC(C)(C)CN(C)C. The number of nitrogens with one attached hydrogen (secondary N) is 1. The van der Waals surface area contributed by atoms with E-state index in [9.17, 15) is 4.79 Å². The number of hydrogen-bond donors (Lipinski definition) is 1. The van der Waals surface area contributed by atoms with Crippen LogP contribution < -0.4 is 5.32 Å². The Morgan fingerprint density at radius 3 is 2.38 bits per heavy atom. The average Bonchev–Trinajstić information content (AvgIpc) is 2.13. The highest BCUT2D eigenvalue weighted by atomic mass is 16.1. The fourth-order valence-corrected chi connectivity index (χ4v) is 1.87. The van der Waals surface area contributed by atoms with Crippen LogP contribution in [-0.2, 0) is 4.79 Å². The normalized spacial score (nSPS) is 11.9. The lowest BCUT2D eigenvalue weighted by atomic mass is 9.93. The largest absolute Gasteiger partial charge is 0.356 e. The summed E-state index contributed by atoms with van der Waals surface area (Å²) < 4.78 is 0. The van der Waals surface area contributed by atoms with Gasteiger partial charge in [-0.15, -0.1) is 0 Å². The van der Waals surface area contributed by atoms with Crippen LogP contribution in [0, 0.1) is 5.41 Å². The molecule has 0 spiro atoms. The van der Waals surface area contributed by atoms with Gasteiger partial charge in [-0.3, -0.25) is 4.79 Å². The Kier molecular flexibility index (Phi) is 7.39. The lowest BCUT2D eigenvalue weighted by molar-refractivity contribution is -0.121. The van der Waals surface area contributed by atoms with E-state index in [-0.39, 0.29) is 11.3 Å². The number of rotatable bonds is 8. The van der Waals surface area contributed by atoms with Crippen molar-refractivity contribution in [2.75, 3.05) is 27.2 Å². The zero-order chi connectivity index (χ0) is 12.6. The summed E-state index contributed by atoms with van der Waals surface area (Å²) in [4.78, 5) is 13.7. The van der Waals surface area contributed by atoms with Crippen molar-refractivity contribution in [3.8, 4) is 0 Å². The average molecular weight is 228 g/mol. The molecule has 0 aromatic carbocycles. The minimum Gasteiger partial charge on any atom is -0.356 e. The Morgan fingerprint density at radius 2 is 1.88 bits per heavy atom. The predicted octanol–water partition coefficient (Wildman–Crippen LogP) is 2.27. The van der Waals surface area contributed by atoms with E-state index in [2.05, 4.69) is 45.1 Å². The van der Waals surface area contributed by atoms with Crippen molar-refractivity contribution in [1.82, 2.24) is 10.2 Å². The van der Waals surface area contributed by atoms with Crippen molar-refractivity contribution in [3.05, 3.63) is 0 Å². The molecule has 0 aromatic rings. The third-order valence-corrected chi connectivity index (χ3v) is 2.52. The van der Waals surface area contributed by atoms with Gasteiger partial charge in [0.1, 0.15) is 0 Å². The molecule has 3 nitrogen and oxygen atoms in total. The molecule has 0 fully saturated rings. The van der Waals surface area contributed by atoms with Crippen LogP contribution in [0.3, 0.4) is 0 Å². The summed E-state index contributed by atoms with van der Waals surface area (Å²) >= 11 is 0. The number of carbonyl (C=O) groups is 1. The van der Waals surface area contributed by atoms with Crippen LogP contribution in [0.25, 0.3) is 0 Å². The van der Waals surface area contributed by atoms with Crippen molar-refractivity contribution in [2.45, 2.75) is 46.5 Å². The summed E-state index contributed by atoms with van der Waals surface area (Å²) in [5, 5.41) is 3.02. The molecule has 16 heavy (non-hydrogen) atoms. The molecule has 1 amide bonds. The summed E-state index contributed by atoms with van der Waals surface area (Å²) in [6.07, 6.45) is 4.00. The second-order valence-electron chi connectivity index (χ2n) is 5.64. The van der Waals surface area contributed by atoms with Gasteiger partial charge in [-0.1, -0.05) is 33.6 Å².